The van der Waals surface area contributed by atoms with Crippen molar-refractivity contribution in [2.75, 3.05) is 13.1 Å². The minimum Gasteiger partial charge on any atom is -0.410 e. The lowest BCUT2D eigenvalue weighted by atomic mass is 10.3. The van der Waals surface area contributed by atoms with Gasteiger partial charge in [0.1, 0.15) is 5.75 Å². The summed E-state index contributed by atoms with van der Waals surface area (Å²) in [6.07, 6.45) is -0.0958. The van der Waals surface area contributed by atoms with Crippen LogP contribution in [-0.4, -0.2) is 24.1 Å². The van der Waals surface area contributed by atoms with E-state index in [0.29, 0.717) is 25.3 Å². The van der Waals surface area contributed by atoms with Gasteiger partial charge in [-0.2, -0.15) is 5.26 Å². The number of ether oxygens (including phenoxy) is 1. The van der Waals surface area contributed by atoms with Gasteiger partial charge in [-0.05, 0) is 19.1 Å². The first-order valence-corrected chi connectivity index (χ1v) is 5.16. The van der Waals surface area contributed by atoms with E-state index in [1.165, 1.54) is 4.90 Å². The molecule has 0 bridgehead atoms. The zero-order valence-electron chi connectivity index (χ0n) is 9.22. The van der Waals surface area contributed by atoms with Gasteiger partial charge in [0, 0.05) is 13.1 Å². The molecule has 1 aromatic carbocycles. The first-order valence-electron chi connectivity index (χ1n) is 5.16. The highest BCUT2D eigenvalue weighted by Gasteiger charge is 2.12. The molecule has 0 aliphatic heterocycles. The number of hydrogen-bond donors (Lipinski definition) is 0. The Labute approximate surface area is 95.0 Å². The van der Waals surface area contributed by atoms with Gasteiger partial charge in [-0.1, -0.05) is 18.2 Å². The standard InChI is InChI=1S/C12H14N2O2/c1-2-14(10-6-9-13)12(15)16-11-7-4-3-5-8-11/h3-5,7-8H,2,6,10H2,1H3. The van der Waals surface area contributed by atoms with E-state index in [2.05, 4.69) is 0 Å². The predicted molar refractivity (Wildman–Crippen MR) is 59.9 cm³/mol. The van der Waals surface area contributed by atoms with Crippen molar-refractivity contribution in [3.8, 4) is 11.8 Å². The van der Waals surface area contributed by atoms with Crippen LogP contribution in [0.3, 0.4) is 0 Å². The molecule has 0 heterocycles. The Bertz CT molecular complexity index is 370. The van der Waals surface area contributed by atoms with E-state index in [9.17, 15) is 4.79 Å². The van der Waals surface area contributed by atoms with Crippen molar-refractivity contribution in [1.29, 1.82) is 5.26 Å². The molecule has 0 aliphatic rings. The zero-order chi connectivity index (χ0) is 11.8. The van der Waals surface area contributed by atoms with E-state index in [4.69, 9.17) is 10.00 Å². The molecule has 0 saturated heterocycles. The highest BCUT2D eigenvalue weighted by Crippen LogP contribution is 2.10. The fourth-order valence-electron chi connectivity index (χ4n) is 1.22. The van der Waals surface area contributed by atoms with Gasteiger partial charge in [0.2, 0.25) is 0 Å². The van der Waals surface area contributed by atoms with Crippen LogP contribution in [0.15, 0.2) is 30.3 Å². The predicted octanol–water partition coefficient (Wildman–Crippen LogP) is 2.42. The molecule has 0 fully saturated rings. The van der Waals surface area contributed by atoms with Crippen molar-refractivity contribution in [3.05, 3.63) is 30.3 Å². The van der Waals surface area contributed by atoms with Crippen molar-refractivity contribution in [2.24, 2.45) is 0 Å². The molecule has 84 valence electrons. The van der Waals surface area contributed by atoms with Crippen LogP contribution in [0.1, 0.15) is 13.3 Å². The summed E-state index contributed by atoms with van der Waals surface area (Å²) in [5.41, 5.74) is 0. The number of carbonyl (C=O) groups is 1. The first kappa shape index (κ1) is 12.1. The summed E-state index contributed by atoms with van der Waals surface area (Å²) in [7, 11) is 0. The van der Waals surface area contributed by atoms with Gasteiger partial charge >= 0.3 is 6.09 Å². The third-order valence-corrected chi connectivity index (χ3v) is 2.08. The Balaban J connectivity index is 2.53. The number of para-hydroxylation sites is 1. The molecule has 0 atom stereocenters. The van der Waals surface area contributed by atoms with Crippen LogP contribution in [0.25, 0.3) is 0 Å². The average Bonchev–Trinajstić information content (AvgIpc) is 2.31. The van der Waals surface area contributed by atoms with Gasteiger partial charge in [-0.3, -0.25) is 0 Å². The summed E-state index contributed by atoms with van der Waals surface area (Å²) < 4.78 is 5.14. The smallest absolute Gasteiger partial charge is 0.410 e. The Morgan fingerprint density at radius 1 is 1.44 bits per heavy atom. The van der Waals surface area contributed by atoms with Crippen LogP contribution in [0.4, 0.5) is 4.79 Å². The van der Waals surface area contributed by atoms with Crippen LogP contribution >= 0.6 is 0 Å². The summed E-state index contributed by atoms with van der Waals surface area (Å²) in [5.74, 6) is 0.517. The molecule has 0 unspecified atom stereocenters. The Morgan fingerprint density at radius 3 is 2.69 bits per heavy atom. The SMILES string of the molecule is CCN(CCC#N)C(=O)Oc1ccccc1. The van der Waals surface area contributed by atoms with Crippen LogP contribution < -0.4 is 4.74 Å². The van der Waals surface area contributed by atoms with E-state index in [1.807, 2.05) is 19.1 Å². The molecule has 0 radical (unpaired) electrons. The molecule has 0 N–H and O–H groups in total. The van der Waals surface area contributed by atoms with E-state index >= 15 is 0 Å². The fraction of sp³-hybridized carbons (Fsp3) is 0.333. The van der Waals surface area contributed by atoms with Crippen LogP contribution in [0.5, 0.6) is 5.75 Å². The molecule has 4 nitrogen and oxygen atoms in total. The zero-order valence-corrected chi connectivity index (χ0v) is 9.22. The summed E-state index contributed by atoms with van der Waals surface area (Å²) in [6, 6.07) is 10.9. The Hall–Kier alpha value is -2.02. The number of nitriles is 1. The second-order valence-electron chi connectivity index (χ2n) is 3.17. The van der Waals surface area contributed by atoms with Gasteiger partial charge in [-0.25, -0.2) is 4.79 Å². The van der Waals surface area contributed by atoms with Crippen LogP contribution in [-0.2, 0) is 0 Å². The van der Waals surface area contributed by atoms with Gasteiger partial charge in [0.05, 0.1) is 12.5 Å². The normalized spacial score (nSPS) is 9.25. The molecule has 4 heteroatoms. The van der Waals surface area contributed by atoms with E-state index in [-0.39, 0.29) is 0 Å². The van der Waals surface area contributed by atoms with Gasteiger partial charge in [-0.15, -0.1) is 0 Å². The molecule has 1 rings (SSSR count). The quantitative estimate of drug-likeness (QED) is 0.779. The van der Waals surface area contributed by atoms with Crippen LogP contribution in [0.2, 0.25) is 0 Å². The van der Waals surface area contributed by atoms with Crippen LogP contribution in [0, 0.1) is 11.3 Å². The molecule has 0 aliphatic carbocycles. The molecular weight excluding hydrogens is 204 g/mol. The minimum atomic E-state index is -0.413. The molecular formula is C12H14N2O2. The Morgan fingerprint density at radius 2 is 2.12 bits per heavy atom. The van der Waals surface area contributed by atoms with Crippen molar-refractivity contribution >= 4 is 6.09 Å². The maximum atomic E-state index is 11.6. The average molecular weight is 218 g/mol. The maximum absolute atomic E-state index is 11.6. The Kier molecular flexibility index (Phi) is 4.87. The van der Waals surface area contributed by atoms with Crippen molar-refractivity contribution in [3.63, 3.8) is 0 Å². The number of amides is 1. The molecule has 1 aromatic rings. The highest BCUT2D eigenvalue weighted by molar-refractivity contribution is 5.70. The highest BCUT2D eigenvalue weighted by atomic mass is 16.6. The molecule has 0 saturated carbocycles. The molecule has 0 aromatic heterocycles. The lowest BCUT2D eigenvalue weighted by molar-refractivity contribution is 0.156. The largest absolute Gasteiger partial charge is 0.415 e. The lowest BCUT2D eigenvalue weighted by Crippen LogP contribution is -2.34. The summed E-state index contributed by atoms with van der Waals surface area (Å²) >= 11 is 0. The third kappa shape index (κ3) is 3.62. The van der Waals surface area contributed by atoms with Crippen molar-refractivity contribution in [1.82, 2.24) is 4.90 Å². The topological polar surface area (TPSA) is 53.3 Å². The number of rotatable bonds is 4. The van der Waals surface area contributed by atoms with Gasteiger partial charge < -0.3 is 9.64 Å². The molecule has 1 amide bonds. The van der Waals surface area contributed by atoms with E-state index in [1.54, 1.807) is 24.3 Å². The number of hydrogen-bond acceptors (Lipinski definition) is 3. The summed E-state index contributed by atoms with van der Waals surface area (Å²) in [5, 5.41) is 8.45. The van der Waals surface area contributed by atoms with E-state index in [0.717, 1.165) is 0 Å². The second kappa shape index (κ2) is 6.46. The molecule has 16 heavy (non-hydrogen) atoms. The number of nitrogens with zero attached hydrogens (tertiary/aromatic N) is 2. The van der Waals surface area contributed by atoms with Crippen molar-refractivity contribution < 1.29 is 9.53 Å². The van der Waals surface area contributed by atoms with Gasteiger partial charge in [0.15, 0.2) is 0 Å². The number of carbonyl (C=O) groups excluding carboxylic acids is 1. The van der Waals surface area contributed by atoms with E-state index < -0.39 is 6.09 Å². The van der Waals surface area contributed by atoms with Gasteiger partial charge in [0.25, 0.3) is 0 Å². The summed E-state index contributed by atoms with van der Waals surface area (Å²) in [6.45, 7) is 2.79. The fourth-order valence-corrected chi connectivity index (χ4v) is 1.22. The monoisotopic (exact) mass is 218 g/mol. The summed E-state index contributed by atoms with van der Waals surface area (Å²) in [4.78, 5) is 13.1. The minimum absolute atomic E-state index is 0.317. The van der Waals surface area contributed by atoms with Crippen molar-refractivity contribution in [2.45, 2.75) is 13.3 Å². The first-order chi connectivity index (χ1) is 7.77. The second-order valence-corrected chi connectivity index (χ2v) is 3.17. The lowest BCUT2D eigenvalue weighted by Gasteiger charge is -2.18. The maximum Gasteiger partial charge on any atom is 0.415 e. The third-order valence-electron chi connectivity index (χ3n) is 2.08. The molecule has 0 spiro atoms. The number of benzene rings is 1.